The van der Waals surface area contributed by atoms with E-state index in [9.17, 15) is 14.4 Å². The maximum atomic E-state index is 13.0. The van der Waals surface area contributed by atoms with Crippen LogP contribution >= 0.6 is 23.2 Å². The van der Waals surface area contributed by atoms with Crippen LogP contribution in [0.25, 0.3) is 6.08 Å². The molecule has 0 saturated carbocycles. The molecule has 0 atom stereocenters. The van der Waals surface area contributed by atoms with Gasteiger partial charge in [-0.15, -0.1) is 0 Å². The monoisotopic (exact) mass is 430 g/mol. The molecule has 1 fully saturated rings. The molecule has 1 aliphatic heterocycles. The predicted octanol–water partition coefficient (Wildman–Crippen LogP) is 4.53. The van der Waals surface area contributed by atoms with Crippen LogP contribution in [-0.4, -0.2) is 24.5 Å². The molecule has 29 heavy (non-hydrogen) atoms. The zero-order chi connectivity index (χ0) is 21.1. The summed E-state index contributed by atoms with van der Waals surface area (Å²) in [5.74, 6) is -1.11. The Hall–Kier alpha value is -3.09. The summed E-state index contributed by atoms with van der Waals surface area (Å²) >= 11 is 12.2. The minimum atomic E-state index is -0.839. The maximum absolute atomic E-state index is 13.0. The van der Waals surface area contributed by atoms with E-state index in [4.69, 9.17) is 27.9 Å². The van der Waals surface area contributed by atoms with Gasteiger partial charge in [0.05, 0.1) is 10.7 Å². The molecule has 1 aliphatic rings. The van der Waals surface area contributed by atoms with E-state index < -0.39 is 17.8 Å². The first-order chi connectivity index (χ1) is 13.8. The van der Waals surface area contributed by atoms with E-state index in [0.29, 0.717) is 32.6 Å². The molecule has 0 radical (unpaired) electrons. The number of nitrogens with zero attached hydrogens (tertiary/aromatic N) is 1. The number of amides is 4. The summed E-state index contributed by atoms with van der Waals surface area (Å²) in [5, 5.41) is 2.84. The van der Waals surface area contributed by atoms with Crippen LogP contribution in [0.3, 0.4) is 0 Å². The number of aryl methyl sites for hydroxylation is 1. The van der Waals surface area contributed by atoms with Crippen LogP contribution in [-0.2, 0) is 9.59 Å². The first-order valence-corrected chi connectivity index (χ1v) is 9.28. The molecule has 0 aromatic heterocycles. The second kappa shape index (κ2) is 8.51. The van der Waals surface area contributed by atoms with Crippen molar-refractivity contribution in [2.24, 2.45) is 0 Å². The molecule has 4 amide bonds. The Kier molecular flexibility index (Phi) is 6.06. The highest BCUT2D eigenvalue weighted by atomic mass is 35.5. The van der Waals surface area contributed by atoms with Gasteiger partial charge >= 0.3 is 6.03 Å². The summed E-state index contributed by atoms with van der Waals surface area (Å²) in [6.45, 7) is 5.59. The summed E-state index contributed by atoms with van der Waals surface area (Å²) in [4.78, 5) is 38.5. The number of nitrogens with one attached hydrogen (secondary N) is 1. The minimum Gasteiger partial charge on any atom is -0.488 e. The molecule has 1 N–H and O–H groups in total. The molecule has 148 valence electrons. The lowest BCUT2D eigenvalue weighted by Crippen LogP contribution is -2.54. The fraction of sp³-hybridized carbons (Fsp3) is 0.0952. The van der Waals surface area contributed by atoms with Crippen molar-refractivity contribution in [2.75, 3.05) is 11.5 Å². The van der Waals surface area contributed by atoms with E-state index in [1.807, 2.05) is 0 Å². The summed E-state index contributed by atoms with van der Waals surface area (Å²) in [7, 11) is 0. The van der Waals surface area contributed by atoms with Gasteiger partial charge in [-0.25, -0.2) is 9.69 Å². The molecular weight excluding hydrogens is 415 g/mol. The van der Waals surface area contributed by atoms with Crippen LogP contribution in [0.2, 0.25) is 10.0 Å². The second-order valence-electron chi connectivity index (χ2n) is 6.18. The van der Waals surface area contributed by atoms with E-state index >= 15 is 0 Å². The van der Waals surface area contributed by atoms with Crippen LogP contribution in [0.15, 0.2) is 54.6 Å². The van der Waals surface area contributed by atoms with E-state index in [-0.39, 0.29) is 12.2 Å². The number of benzene rings is 2. The van der Waals surface area contributed by atoms with Gasteiger partial charge in [-0.1, -0.05) is 48.0 Å². The Morgan fingerprint density at radius 2 is 1.90 bits per heavy atom. The highest BCUT2D eigenvalue weighted by Gasteiger charge is 2.37. The number of carbonyl (C=O) groups is 3. The fourth-order valence-corrected chi connectivity index (χ4v) is 3.15. The Bertz CT molecular complexity index is 1060. The van der Waals surface area contributed by atoms with Crippen molar-refractivity contribution in [3.63, 3.8) is 0 Å². The van der Waals surface area contributed by atoms with Crippen LogP contribution in [0.5, 0.6) is 5.75 Å². The summed E-state index contributed by atoms with van der Waals surface area (Å²) in [6, 6.07) is 8.79. The van der Waals surface area contributed by atoms with Gasteiger partial charge in [0.2, 0.25) is 0 Å². The van der Waals surface area contributed by atoms with E-state index in [1.54, 1.807) is 43.3 Å². The zero-order valence-electron chi connectivity index (χ0n) is 15.4. The van der Waals surface area contributed by atoms with E-state index in [1.165, 1.54) is 12.1 Å². The zero-order valence-corrected chi connectivity index (χ0v) is 16.9. The van der Waals surface area contributed by atoms with Gasteiger partial charge in [0.1, 0.15) is 17.9 Å². The topological polar surface area (TPSA) is 75.7 Å². The van der Waals surface area contributed by atoms with Gasteiger partial charge < -0.3 is 4.74 Å². The van der Waals surface area contributed by atoms with Gasteiger partial charge in [-0.05, 0) is 48.4 Å². The first kappa shape index (κ1) is 20.6. The first-order valence-electron chi connectivity index (χ1n) is 8.52. The van der Waals surface area contributed by atoms with Crippen molar-refractivity contribution < 1.29 is 19.1 Å². The number of hydrogen-bond acceptors (Lipinski definition) is 4. The van der Waals surface area contributed by atoms with Gasteiger partial charge in [0.15, 0.2) is 0 Å². The van der Waals surface area contributed by atoms with Gasteiger partial charge in [0, 0.05) is 5.02 Å². The number of rotatable bonds is 5. The molecule has 1 heterocycles. The Labute approximate surface area is 177 Å². The van der Waals surface area contributed by atoms with Crippen LogP contribution in [0.4, 0.5) is 10.5 Å². The highest BCUT2D eigenvalue weighted by Crippen LogP contribution is 2.30. The molecule has 8 heteroatoms. The lowest BCUT2D eigenvalue weighted by Gasteiger charge is -2.27. The summed E-state index contributed by atoms with van der Waals surface area (Å²) in [5.41, 5.74) is 1.24. The SMILES string of the molecule is C=CCOc1ccc(/C=C2\C(=O)NC(=O)N(c3cc(Cl)ccc3C)C2=O)cc1Cl. The number of imide groups is 2. The average molecular weight is 431 g/mol. The fourth-order valence-electron chi connectivity index (χ4n) is 2.74. The molecule has 2 aromatic rings. The van der Waals surface area contributed by atoms with Gasteiger partial charge in [-0.2, -0.15) is 0 Å². The minimum absolute atomic E-state index is 0.209. The molecule has 0 bridgehead atoms. The van der Waals surface area contributed by atoms with Crippen molar-refractivity contribution in [3.8, 4) is 5.75 Å². The van der Waals surface area contributed by atoms with Gasteiger partial charge in [0.25, 0.3) is 11.8 Å². The molecule has 2 aromatic carbocycles. The number of hydrogen-bond donors (Lipinski definition) is 1. The third-order valence-electron chi connectivity index (χ3n) is 4.14. The molecule has 6 nitrogen and oxygen atoms in total. The smallest absolute Gasteiger partial charge is 0.335 e. The average Bonchev–Trinajstić information content (AvgIpc) is 2.67. The van der Waals surface area contributed by atoms with Crippen LogP contribution in [0.1, 0.15) is 11.1 Å². The number of barbiturate groups is 1. The third-order valence-corrected chi connectivity index (χ3v) is 4.67. The number of anilines is 1. The van der Waals surface area contributed by atoms with Crippen molar-refractivity contribution in [3.05, 3.63) is 75.8 Å². The van der Waals surface area contributed by atoms with Crippen molar-refractivity contribution in [2.45, 2.75) is 6.92 Å². The molecule has 1 saturated heterocycles. The lowest BCUT2D eigenvalue weighted by molar-refractivity contribution is -0.122. The predicted molar refractivity (Wildman–Crippen MR) is 112 cm³/mol. The van der Waals surface area contributed by atoms with E-state index in [0.717, 1.165) is 4.90 Å². The Balaban J connectivity index is 1.98. The standard InChI is InChI=1S/C21H16Cl2N2O4/c1-3-8-29-18-7-5-13(10-16(18)23)9-15-19(26)24-21(28)25(20(15)27)17-11-14(22)6-4-12(17)2/h3-7,9-11H,1,8H2,2H3,(H,24,26,28)/b15-9+. The number of halogens is 2. The molecular formula is C21H16Cl2N2O4. The number of urea groups is 1. The molecule has 3 rings (SSSR count). The second-order valence-corrected chi connectivity index (χ2v) is 7.02. The highest BCUT2D eigenvalue weighted by molar-refractivity contribution is 6.40. The molecule has 0 unspecified atom stereocenters. The quantitative estimate of drug-likeness (QED) is 0.429. The number of carbonyl (C=O) groups excluding carboxylic acids is 3. The molecule has 0 spiro atoms. The van der Waals surface area contributed by atoms with Crippen molar-refractivity contribution >= 4 is 52.8 Å². The largest absolute Gasteiger partial charge is 0.488 e. The maximum Gasteiger partial charge on any atom is 0.335 e. The molecule has 0 aliphatic carbocycles. The van der Waals surface area contributed by atoms with Crippen LogP contribution in [0, 0.1) is 6.92 Å². The van der Waals surface area contributed by atoms with E-state index in [2.05, 4.69) is 11.9 Å². The summed E-state index contributed by atoms with van der Waals surface area (Å²) < 4.78 is 5.40. The lowest BCUT2D eigenvalue weighted by atomic mass is 10.1. The van der Waals surface area contributed by atoms with Crippen molar-refractivity contribution in [1.29, 1.82) is 0 Å². The van der Waals surface area contributed by atoms with Gasteiger partial charge in [-0.3, -0.25) is 14.9 Å². The summed E-state index contributed by atoms with van der Waals surface area (Å²) in [6.07, 6.45) is 2.95. The Morgan fingerprint density at radius 1 is 1.14 bits per heavy atom. The van der Waals surface area contributed by atoms with Crippen molar-refractivity contribution in [1.82, 2.24) is 5.32 Å². The normalized spacial score (nSPS) is 15.5. The Morgan fingerprint density at radius 3 is 2.59 bits per heavy atom. The van der Waals surface area contributed by atoms with Crippen LogP contribution < -0.4 is 15.0 Å². The number of ether oxygens (including phenoxy) is 1. The third kappa shape index (κ3) is 4.34.